The molecule has 154 valence electrons. The van der Waals surface area contributed by atoms with Crippen molar-refractivity contribution in [2.45, 2.75) is 18.9 Å². The number of hydrogen-bond acceptors (Lipinski definition) is 7. The van der Waals surface area contributed by atoms with Crippen molar-refractivity contribution in [1.29, 1.82) is 0 Å². The van der Waals surface area contributed by atoms with Gasteiger partial charge in [-0.1, -0.05) is 28.4 Å². The number of rotatable bonds is 7. The van der Waals surface area contributed by atoms with Gasteiger partial charge in [0.05, 0.1) is 16.5 Å². The van der Waals surface area contributed by atoms with Crippen LogP contribution in [0.1, 0.15) is 12.3 Å². The lowest BCUT2D eigenvalue weighted by Crippen LogP contribution is -2.26. The molecule has 0 fully saturated rings. The predicted octanol–water partition coefficient (Wildman–Crippen LogP) is 4.14. The van der Waals surface area contributed by atoms with Gasteiger partial charge in [-0.3, -0.25) is 4.79 Å². The average Bonchev–Trinajstić information content (AvgIpc) is 3.04. The highest BCUT2D eigenvalue weighted by Crippen LogP contribution is 2.32. The number of carboxylic acids is 1. The standard InChI is InChI=1S/C17H13Cl2FN4O4.ClH/c18-8-3-13(20)17(22-7-8)27-10-1-2-11(12(19)6-10)16-23-14(28-24-16)4-9(21)5-15(25)26;/h1-3,6-7,9H,4-5,21H2,(H,25,26);1H/t9-;/m1./s1. The fourth-order valence-electron chi connectivity index (χ4n) is 2.30. The summed E-state index contributed by atoms with van der Waals surface area (Å²) in [4.78, 5) is 18.6. The summed E-state index contributed by atoms with van der Waals surface area (Å²) in [5, 5.41) is 12.9. The number of benzene rings is 1. The topological polar surface area (TPSA) is 124 Å². The quantitative estimate of drug-likeness (QED) is 0.536. The highest BCUT2D eigenvalue weighted by Gasteiger charge is 2.17. The van der Waals surface area contributed by atoms with E-state index in [0.29, 0.717) is 5.56 Å². The van der Waals surface area contributed by atoms with E-state index >= 15 is 0 Å². The Morgan fingerprint density at radius 2 is 2.10 bits per heavy atom. The van der Waals surface area contributed by atoms with E-state index in [1.165, 1.54) is 18.3 Å². The van der Waals surface area contributed by atoms with Crippen LogP contribution in [-0.2, 0) is 11.2 Å². The summed E-state index contributed by atoms with van der Waals surface area (Å²) in [7, 11) is 0. The van der Waals surface area contributed by atoms with Crippen LogP contribution in [0.4, 0.5) is 4.39 Å². The van der Waals surface area contributed by atoms with Crippen LogP contribution in [-0.4, -0.2) is 32.2 Å². The molecule has 0 aliphatic rings. The molecule has 1 aromatic carbocycles. The number of aliphatic carboxylic acids is 1. The van der Waals surface area contributed by atoms with Crippen LogP contribution >= 0.6 is 35.6 Å². The van der Waals surface area contributed by atoms with Crippen molar-refractivity contribution in [3.8, 4) is 23.0 Å². The summed E-state index contributed by atoms with van der Waals surface area (Å²) in [5.74, 6) is -1.35. The molecule has 0 aliphatic heterocycles. The number of halogens is 4. The Hall–Kier alpha value is -2.46. The first-order valence-corrected chi connectivity index (χ1v) is 8.66. The molecule has 0 unspecified atom stereocenters. The molecular weight excluding hydrogens is 450 g/mol. The van der Waals surface area contributed by atoms with E-state index in [1.54, 1.807) is 6.07 Å². The highest BCUT2D eigenvalue weighted by atomic mass is 35.5. The van der Waals surface area contributed by atoms with Crippen LogP contribution in [0.3, 0.4) is 0 Å². The first-order chi connectivity index (χ1) is 13.3. The predicted molar refractivity (Wildman–Crippen MR) is 105 cm³/mol. The van der Waals surface area contributed by atoms with E-state index < -0.39 is 17.8 Å². The largest absolute Gasteiger partial charge is 0.481 e. The van der Waals surface area contributed by atoms with E-state index in [0.717, 1.165) is 6.07 Å². The van der Waals surface area contributed by atoms with Gasteiger partial charge in [-0.05, 0) is 18.2 Å². The van der Waals surface area contributed by atoms with E-state index in [9.17, 15) is 9.18 Å². The molecule has 0 amide bonds. The Labute approximate surface area is 180 Å². The van der Waals surface area contributed by atoms with Gasteiger partial charge in [-0.25, -0.2) is 9.37 Å². The third-order valence-corrected chi connectivity index (χ3v) is 4.03. The first-order valence-electron chi connectivity index (χ1n) is 7.90. The molecule has 0 aliphatic carbocycles. The van der Waals surface area contributed by atoms with Crippen molar-refractivity contribution in [2.75, 3.05) is 0 Å². The summed E-state index contributed by atoms with van der Waals surface area (Å²) in [6.07, 6.45) is 1.14. The maximum Gasteiger partial charge on any atom is 0.304 e. The normalized spacial score (nSPS) is 11.6. The van der Waals surface area contributed by atoms with E-state index in [2.05, 4.69) is 15.1 Å². The highest BCUT2D eigenvalue weighted by molar-refractivity contribution is 6.33. The minimum atomic E-state index is -1.02. The Morgan fingerprint density at radius 1 is 1.34 bits per heavy atom. The SMILES string of the molecule is Cl.N[C@@H](CC(=O)O)Cc1nc(-c2ccc(Oc3ncc(Cl)cc3F)cc2Cl)no1. The minimum absolute atomic E-state index is 0. The van der Waals surface area contributed by atoms with Crippen LogP contribution in [0.2, 0.25) is 10.0 Å². The van der Waals surface area contributed by atoms with Crippen molar-refractivity contribution < 1.29 is 23.6 Å². The zero-order chi connectivity index (χ0) is 20.3. The van der Waals surface area contributed by atoms with Gasteiger partial charge < -0.3 is 20.1 Å². The van der Waals surface area contributed by atoms with Gasteiger partial charge in [0.2, 0.25) is 11.7 Å². The van der Waals surface area contributed by atoms with Gasteiger partial charge in [0.25, 0.3) is 5.88 Å². The number of nitrogens with zero attached hydrogens (tertiary/aromatic N) is 3. The molecule has 3 rings (SSSR count). The van der Waals surface area contributed by atoms with Crippen LogP contribution in [0, 0.1) is 5.82 Å². The third kappa shape index (κ3) is 6.01. The van der Waals surface area contributed by atoms with Crippen LogP contribution in [0.15, 0.2) is 35.0 Å². The van der Waals surface area contributed by atoms with Crippen LogP contribution in [0.5, 0.6) is 11.6 Å². The Kier molecular flexibility index (Phi) is 7.74. The molecule has 3 N–H and O–H groups in total. The molecule has 2 aromatic heterocycles. The lowest BCUT2D eigenvalue weighted by molar-refractivity contribution is -0.137. The number of pyridine rings is 1. The zero-order valence-corrected chi connectivity index (χ0v) is 16.8. The van der Waals surface area contributed by atoms with E-state index in [-0.39, 0.29) is 58.6 Å². The smallest absolute Gasteiger partial charge is 0.304 e. The summed E-state index contributed by atoms with van der Waals surface area (Å²) >= 11 is 11.9. The minimum Gasteiger partial charge on any atom is -0.481 e. The van der Waals surface area contributed by atoms with Crippen molar-refractivity contribution in [1.82, 2.24) is 15.1 Å². The number of nitrogens with two attached hydrogens (primary N) is 1. The second kappa shape index (κ2) is 9.84. The van der Waals surface area contributed by atoms with Crippen LogP contribution in [0.25, 0.3) is 11.4 Å². The zero-order valence-electron chi connectivity index (χ0n) is 14.5. The molecule has 1 atom stereocenters. The van der Waals surface area contributed by atoms with Gasteiger partial charge in [-0.15, -0.1) is 12.4 Å². The maximum absolute atomic E-state index is 13.8. The van der Waals surface area contributed by atoms with Crippen molar-refractivity contribution in [2.24, 2.45) is 5.73 Å². The number of aromatic nitrogens is 3. The molecule has 2 heterocycles. The van der Waals surface area contributed by atoms with Gasteiger partial charge in [0, 0.05) is 30.3 Å². The van der Waals surface area contributed by atoms with Gasteiger partial charge in [0.15, 0.2) is 5.82 Å². The number of ether oxygens (including phenoxy) is 1. The molecule has 0 saturated carbocycles. The number of carbonyl (C=O) groups is 1. The summed E-state index contributed by atoms with van der Waals surface area (Å²) in [6, 6.07) is 4.97. The second-order valence-corrected chi connectivity index (χ2v) is 6.60. The summed E-state index contributed by atoms with van der Waals surface area (Å²) in [5.41, 5.74) is 6.15. The van der Waals surface area contributed by atoms with E-state index in [4.69, 9.17) is 43.3 Å². The average molecular weight is 464 g/mol. The Bertz CT molecular complexity index is 1020. The molecule has 0 radical (unpaired) electrons. The lowest BCUT2D eigenvalue weighted by Gasteiger charge is -2.07. The Balaban J connectivity index is 0.00000300. The first kappa shape index (κ1) is 22.8. The van der Waals surface area contributed by atoms with Gasteiger partial charge in [-0.2, -0.15) is 4.98 Å². The molecule has 0 spiro atoms. The fraction of sp³-hybridized carbons (Fsp3) is 0.176. The van der Waals surface area contributed by atoms with Crippen LogP contribution < -0.4 is 10.5 Å². The Morgan fingerprint density at radius 3 is 2.76 bits per heavy atom. The number of hydrogen-bond donors (Lipinski definition) is 2. The summed E-state index contributed by atoms with van der Waals surface area (Å²) < 4.78 is 24.2. The molecule has 3 aromatic rings. The van der Waals surface area contributed by atoms with Gasteiger partial charge in [0.1, 0.15) is 5.75 Å². The molecular formula is C17H14Cl3FN4O4. The molecule has 12 heteroatoms. The molecule has 29 heavy (non-hydrogen) atoms. The van der Waals surface area contributed by atoms with Crippen molar-refractivity contribution >= 4 is 41.6 Å². The second-order valence-electron chi connectivity index (χ2n) is 5.76. The van der Waals surface area contributed by atoms with E-state index in [1.807, 2.05) is 0 Å². The molecule has 0 bridgehead atoms. The molecule has 8 nitrogen and oxygen atoms in total. The fourth-order valence-corrected chi connectivity index (χ4v) is 2.70. The third-order valence-electron chi connectivity index (χ3n) is 3.51. The van der Waals surface area contributed by atoms with Crippen molar-refractivity contribution in [3.05, 3.63) is 52.2 Å². The van der Waals surface area contributed by atoms with Crippen molar-refractivity contribution in [3.63, 3.8) is 0 Å². The molecule has 0 saturated heterocycles. The number of carboxylic acid groups (broad SMARTS) is 1. The van der Waals surface area contributed by atoms with Gasteiger partial charge >= 0.3 is 5.97 Å². The monoisotopic (exact) mass is 462 g/mol. The maximum atomic E-state index is 13.8. The lowest BCUT2D eigenvalue weighted by atomic mass is 10.1. The summed E-state index contributed by atoms with van der Waals surface area (Å²) in [6.45, 7) is 0.